The average Bonchev–Trinajstić information content (AvgIpc) is 2.90. The summed E-state index contributed by atoms with van der Waals surface area (Å²) in [7, 11) is 0. The Hall–Kier alpha value is -1.67. The zero-order valence-electron chi connectivity index (χ0n) is 14.2. The van der Waals surface area contributed by atoms with Crippen molar-refractivity contribution in [2.24, 2.45) is 5.92 Å². The van der Waals surface area contributed by atoms with E-state index in [1.54, 1.807) is 0 Å². The molecule has 0 N–H and O–H groups in total. The quantitative estimate of drug-likeness (QED) is 0.354. The summed E-state index contributed by atoms with van der Waals surface area (Å²) in [6, 6.07) is 10.3. The van der Waals surface area contributed by atoms with Crippen LogP contribution < -0.4 is 0 Å². The van der Waals surface area contributed by atoms with Gasteiger partial charge in [0.15, 0.2) is 5.78 Å². The van der Waals surface area contributed by atoms with Crippen molar-refractivity contribution in [3.05, 3.63) is 60.2 Å². The molecular weight excluding hydrogens is 284 g/mol. The predicted octanol–water partition coefficient (Wildman–Crippen LogP) is 5.24. The maximum atomic E-state index is 11.6. The van der Waals surface area contributed by atoms with E-state index in [1.807, 2.05) is 18.2 Å². The number of carbonyl (C=O) groups excluding carboxylic acids is 1. The number of hydrogen-bond donors (Lipinski definition) is 0. The summed E-state index contributed by atoms with van der Waals surface area (Å²) in [5.74, 6) is 0.420. The van der Waals surface area contributed by atoms with Crippen molar-refractivity contribution in [3.8, 4) is 0 Å². The highest BCUT2D eigenvalue weighted by Crippen LogP contribution is 2.28. The number of ether oxygens (including phenoxy) is 1. The van der Waals surface area contributed by atoms with Gasteiger partial charge in [-0.25, -0.2) is 0 Å². The van der Waals surface area contributed by atoms with Crippen LogP contribution in [0.25, 0.3) is 0 Å². The Bertz CT molecular complexity index is 530. The molecule has 0 unspecified atom stereocenters. The van der Waals surface area contributed by atoms with Crippen LogP contribution in [0.1, 0.15) is 51.0 Å². The molecule has 2 heteroatoms. The molecule has 0 heterocycles. The molecule has 0 bridgehead atoms. The van der Waals surface area contributed by atoms with Gasteiger partial charge in [-0.3, -0.25) is 4.79 Å². The number of ketones is 1. The van der Waals surface area contributed by atoms with E-state index in [4.69, 9.17) is 4.74 Å². The number of hydrogen-bond acceptors (Lipinski definition) is 2. The van der Waals surface area contributed by atoms with Gasteiger partial charge in [-0.15, -0.1) is 0 Å². The molecule has 0 spiro atoms. The third-order valence-corrected chi connectivity index (χ3v) is 4.45. The fraction of sp³-hybridized carbons (Fsp3) is 0.476. The summed E-state index contributed by atoms with van der Waals surface area (Å²) < 4.78 is 6.10. The minimum atomic E-state index is 0.116. The lowest BCUT2D eigenvalue weighted by Crippen LogP contribution is -2.11. The maximum Gasteiger partial charge on any atom is 0.158 e. The van der Waals surface area contributed by atoms with Gasteiger partial charge in [-0.05, 0) is 24.0 Å². The van der Waals surface area contributed by atoms with Crippen LogP contribution in [0.3, 0.4) is 0 Å². The van der Waals surface area contributed by atoms with Crippen LogP contribution in [0, 0.1) is 5.92 Å². The lowest BCUT2D eigenvalue weighted by molar-refractivity contribution is -0.114. The molecule has 0 aliphatic heterocycles. The summed E-state index contributed by atoms with van der Waals surface area (Å²) >= 11 is 0. The van der Waals surface area contributed by atoms with Crippen molar-refractivity contribution < 1.29 is 9.53 Å². The summed E-state index contributed by atoms with van der Waals surface area (Å²) in [6.07, 6.45) is 10.6. The van der Waals surface area contributed by atoms with Crippen molar-refractivity contribution in [3.63, 3.8) is 0 Å². The van der Waals surface area contributed by atoms with E-state index in [0.29, 0.717) is 13.0 Å². The molecule has 1 aromatic carbocycles. The normalized spacial score (nSPS) is 19.6. The SMILES string of the molecule is C=C1C(=O)CC[C@@H]1/C=C/[C@H](CCCCC)OCc1ccccc1. The molecule has 1 fully saturated rings. The van der Waals surface area contributed by atoms with Crippen LogP contribution in [0.2, 0.25) is 0 Å². The highest BCUT2D eigenvalue weighted by molar-refractivity contribution is 5.97. The Morgan fingerprint density at radius 2 is 2.09 bits per heavy atom. The zero-order chi connectivity index (χ0) is 16.5. The first-order valence-corrected chi connectivity index (χ1v) is 8.76. The number of Topliss-reactive ketones (excluding diaryl/α,β-unsaturated/α-hetero) is 1. The molecule has 0 saturated heterocycles. The van der Waals surface area contributed by atoms with E-state index in [1.165, 1.54) is 24.8 Å². The van der Waals surface area contributed by atoms with E-state index in [0.717, 1.165) is 18.4 Å². The largest absolute Gasteiger partial charge is 0.369 e. The van der Waals surface area contributed by atoms with Gasteiger partial charge in [0.1, 0.15) is 0 Å². The van der Waals surface area contributed by atoms with Crippen LogP contribution in [-0.4, -0.2) is 11.9 Å². The minimum Gasteiger partial charge on any atom is -0.369 e. The third kappa shape index (κ3) is 5.80. The average molecular weight is 312 g/mol. The van der Waals surface area contributed by atoms with E-state index in [-0.39, 0.29) is 17.8 Å². The van der Waals surface area contributed by atoms with Gasteiger partial charge in [0.2, 0.25) is 0 Å². The minimum absolute atomic E-state index is 0.116. The van der Waals surface area contributed by atoms with Crippen molar-refractivity contribution in [1.82, 2.24) is 0 Å². The molecule has 124 valence electrons. The van der Waals surface area contributed by atoms with Crippen LogP contribution in [-0.2, 0) is 16.1 Å². The van der Waals surface area contributed by atoms with Gasteiger partial charge >= 0.3 is 0 Å². The number of unbranched alkanes of at least 4 members (excludes halogenated alkanes) is 2. The summed E-state index contributed by atoms with van der Waals surface area (Å²) in [4.78, 5) is 11.6. The molecule has 0 amide bonds. The fourth-order valence-electron chi connectivity index (χ4n) is 2.91. The van der Waals surface area contributed by atoms with Crippen LogP contribution in [0.5, 0.6) is 0 Å². The summed E-state index contributed by atoms with van der Waals surface area (Å²) in [6.45, 7) is 6.77. The number of benzene rings is 1. The van der Waals surface area contributed by atoms with Gasteiger partial charge in [0.25, 0.3) is 0 Å². The van der Waals surface area contributed by atoms with Crippen LogP contribution >= 0.6 is 0 Å². The molecule has 0 aromatic heterocycles. The second kappa shape index (κ2) is 9.46. The highest BCUT2D eigenvalue weighted by Gasteiger charge is 2.24. The van der Waals surface area contributed by atoms with Gasteiger partial charge < -0.3 is 4.74 Å². The Morgan fingerprint density at radius 1 is 1.30 bits per heavy atom. The lowest BCUT2D eigenvalue weighted by atomic mass is 10.0. The van der Waals surface area contributed by atoms with Crippen molar-refractivity contribution in [2.45, 2.75) is 58.2 Å². The van der Waals surface area contributed by atoms with Gasteiger partial charge in [0.05, 0.1) is 12.7 Å². The molecule has 1 aliphatic rings. The number of allylic oxidation sites excluding steroid dienone is 2. The smallest absolute Gasteiger partial charge is 0.158 e. The van der Waals surface area contributed by atoms with Gasteiger partial charge in [-0.1, -0.05) is 75.2 Å². The molecule has 1 saturated carbocycles. The first kappa shape index (κ1) is 17.7. The number of carbonyl (C=O) groups is 1. The van der Waals surface area contributed by atoms with Crippen LogP contribution in [0.4, 0.5) is 0 Å². The molecule has 2 atom stereocenters. The molecule has 2 rings (SSSR count). The first-order chi connectivity index (χ1) is 11.2. The Labute approximate surface area is 140 Å². The first-order valence-electron chi connectivity index (χ1n) is 8.76. The molecule has 0 radical (unpaired) electrons. The monoisotopic (exact) mass is 312 g/mol. The van der Waals surface area contributed by atoms with Crippen molar-refractivity contribution in [2.75, 3.05) is 0 Å². The van der Waals surface area contributed by atoms with Gasteiger partial charge in [0, 0.05) is 12.3 Å². The molecule has 1 aliphatic carbocycles. The second-order valence-electron chi connectivity index (χ2n) is 6.31. The van der Waals surface area contributed by atoms with E-state index in [2.05, 4.69) is 37.8 Å². The molecule has 1 aromatic rings. The Morgan fingerprint density at radius 3 is 2.74 bits per heavy atom. The predicted molar refractivity (Wildman–Crippen MR) is 95.2 cm³/mol. The molecule has 2 nitrogen and oxygen atoms in total. The van der Waals surface area contributed by atoms with E-state index in [9.17, 15) is 4.79 Å². The summed E-state index contributed by atoms with van der Waals surface area (Å²) in [5, 5.41) is 0. The number of rotatable bonds is 9. The van der Waals surface area contributed by atoms with E-state index < -0.39 is 0 Å². The van der Waals surface area contributed by atoms with Crippen molar-refractivity contribution >= 4 is 5.78 Å². The fourth-order valence-corrected chi connectivity index (χ4v) is 2.91. The third-order valence-electron chi connectivity index (χ3n) is 4.45. The highest BCUT2D eigenvalue weighted by atomic mass is 16.5. The zero-order valence-corrected chi connectivity index (χ0v) is 14.2. The lowest BCUT2D eigenvalue weighted by Gasteiger charge is -2.15. The second-order valence-corrected chi connectivity index (χ2v) is 6.31. The van der Waals surface area contributed by atoms with Crippen molar-refractivity contribution in [1.29, 1.82) is 0 Å². The molecule has 23 heavy (non-hydrogen) atoms. The Kier molecular flexibility index (Phi) is 7.28. The van der Waals surface area contributed by atoms with Gasteiger partial charge in [-0.2, -0.15) is 0 Å². The van der Waals surface area contributed by atoms with Crippen LogP contribution in [0.15, 0.2) is 54.6 Å². The maximum absolute atomic E-state index is 11.6. The summed E-state index contributed by atoms with van der Waals surface area (Å²) in [5.41, 5.74) is 1.96. The topological polar surface area (TPSA) is 26.3 Å². The Balaban J connectivity index is 1.90. The standard InChI is InChI=1S/C21H28O2/c1-3-4-6-11-20(23-16-18-9-7-5-8-10-18)14-12-19-13-15-21(22)17(19)2/h5,7-10,12,14,19-20H,2-4,6,11,13,15-16H2,1H3/b14-12+/t19-,20-/m0/s1. The van der Waals surface area contributed by atoms with E-state index >= 15 is 0 Å². The molecular formula is C21H28O2.